The van der Waals surface area contributed by atoms with E-state index in [0.29, 0.717) is 24.0 Å². The molecule has 41 heavy (non-hydrogen) atoms. The van der Waals surface area contributed by atoms with E-state index in [4.69, 9.17) is 15.9 Å². The summed E-state index contributed by atoms with van der Waals surface area (Å²) in [6.45, 7) is 0.00149. The first-order chi connectivity index (χ1) is 19.6. The van der Waals surface area contributed by atoms with Crippen LogP contribution in [0.25, 0.3) is 0 Å². The minimum atomic E-state index is -1.23. The molecule has 5 amide bonds. The zero-order valence-corrected chi connectivity index (χ0v) is 24.7. The van der Waals surface area contributed by atoms with Crippen molar-refractivity contribution >= 4 is 59.2 Å². The van der Waals surface area contributed by atoms with Crippen LogP contribution in [0.1, 0.15) is 57.8 Å². The van der Waals surface area contributed by atoms with Crippen molar-refractivity contribution in [2.75, 3.05) is 30.3 Å². The van der Waals surface area contributed by atoms with E-state index in [1.807, 2.05) is 11.8 Å². The molecule has 0 radical (unpaired) electrons. The van der Waals surface area contributed by atoms with Crippen LogP contribution in [0.3, 0.4) is 0 Å². The molecule has 0 bridgehead atoms. The zero-order valence-electron chi connectivity index (χ0n) is 23.0. The number of aliphatic carboxylic acids is 2. The highest BCUT2D eigenvalue weighted by Gasteiger charge is 2.42. The van der Waals surface area contributed by atoms with Gasteiger partial charge in [0.05, 0.1) is 12.1 Å². The average molecular weight is 619 g/mol. The van der Waals surface area contributed by atoms with Crippen molar-refractivity contribution in [3.63, 3.8) is 0 Å². The molecule has 0 unspecified atom stereocenters. The number of thioether (sulfide) groups is 2. The van der Waals surface area contributed by atoms with Crippen molar-refractivity contribution in [1.29, 1.82) is 0 Å². The number of nitrogens with two attached hydrogens (primary N) is 1. The van der Waals surface area contributed by atoms with Crippen molar-refractivity contribution in [2.24, 2.45) is 5.73 Å². The van der Waals surface area contributed by atoms with E-state index in [-0.39, 0.29) is 42.6 Å². The molecular weight excluding hydrogens is 576 g/mol. The van der Waals surface area contributed by atoms with Gasteiger partial charge in [-0.2, -0.15) is 23.5 Å². The summed E-state index contributed by atoms with van der Waals surface area (Å²) in [5, 5.41) is 31.6. The molecule has 2 saturated heterocycles. The van der Waals surface area contributed by atoms with Crippen molar-refractivity contribution in [2.45, 2.75) is 87.2 Å². The molecule has 0 saturated carbocycles. The molecule has 14 nitrogen and oxygen atoms in total. The summed E-state index contributed by atoms with van der Waals surface area (Å²) in [5.41, 5.74) is 5.40. The Morgan fingerprint density at radius 1 is 1.00 bits per heavy atom. The Kier molecular flexibility index (Phi) is 15.7. The summed E-state index contributed by atoms with van der Waals surface area (Å²) < 4.78 is 0. The van der Waals surface area contributed by atoms with Crippen LogP contribution in [-0.4, -0.2) is 106 Å². The number of fused-ring (bicyclic) bond motifs is 1. The topological polar surface area (TPSA) is 229 Å². The van der Waals surface area contributed by atoms with Crippen LogP contribution in [0.15, 0.2) is 0 Å². The number of urea groups is 1. The van der Waals surface area contributed by atoms with Crippen molar-refractivity contribution < 1.29 is 39.0 Å². The number of carbonyl (C=O) groups excluding carboxylic acids is 4. The normalized spacial score (nSPS) is 20.7. The van der Waals surface area contributed by atoms with Gasteiger partial charge in [0.25, 0.3) is 0 Å². The quantitative estimate of drug-likeness (QED) is 0.0610. The lowest BCUT2D eigenvalue weighted by Crippen LogP contribution is -2.49. The van der Waals surface area contributed by atoms with Crippen LogP contribution < -0.4 is 32.3 Å². The van der Waals surface area contributed by atoms with E-state index in [9.17, 15) is 28.8 Å². The number of amides is 5. The SMILES string of the molecule is N[C@@H](CCC(=O)N[C@@H](CSCCCCCNC(=O)CCCC[C@@H]1SC[C@H]2NC(=O)N[C@@H]12)C(=O)NCC(=O)O)C(=O)O. The van der Waals surface area contributed by atoms with Gasteiger partial charge in [-0.25, -0.2) is 4.79 Å². The van der Waals surface area contributed by atoms with Crippen LogP contribution >= 0.6 is 23.5 Å². The summed E-state index contributed by atoms with van der Waals surface area (Å²) in [4.78, 5) is 69.6. The van der Waals surface area contributed by atoms with Gasteiger partial charge in [-0.1, -0.05) is 12.8 Å². The molecule has 0 aliphatic carbocycles. The molecule has 0 aromatic carbocycles. The molecule has 2 aliphatic heterocycles. The Labute approximate surface area is 247 Å². The Morgan fingerprint density at radius 2 is 1.78 bits per heavy atom. The molecule has 232 valence electrons. The summed E-state index contributed by atoms with van der Waals surface area (Å²) >= 11 is 3.30. The summed E-state index contributed by atoms with van der Waals surface area (Å²) in [6, 6.07) is -1.84. The highest BCUT2D eigenvalue weighted by Crippen LogP contribution is 2.33. The van der Waals surface area contributed by atoms with Crippen LogP contribution in [-0.2, 0) is 24.0 Å². The van der Waals surface area contributed by atoms with Gasteiger partial charge >= 0.3 is 18.0 Å². The number of unbranched alkanes of at least 4 members (excludes halogenated alkanes) is 3. The van der Waals surface area contributed by atoms with Gasteiger partial charge in [0.1, 0.15) is 18.6 Å². The molecule has 2 heterocycles. The van der Waals surface area contributed by atoms with Crippen molar-refractivity contribution in [3.05, 3.63) is 0 Å². The Balaban J connectivity index is 1.53. The molecule has 5 atom stereocenters. The molecule has 2 fully saturated rings. The fourth-order valence-corrected chi connectivity index (χ4v) is 7.03. The third-order valence-electron chi connectivity index (χ3n) is 6.72. The second-order valence-corrected chi connectivity index (χ2v) is 12.5. The average Bonchev–Trinajstić information content (AvgIpc) is 3.47. The summed E-state index contributed by atoms with van der Waals surface area (Å²) in [6.07, 6.45) is 5.44. The highest BCUT2D eigenvalue weighted by molar-refractivity contribution is 8.00. The van der Waals surface area contributed by atoms with Crippen molar-refractivity contribution in [3.8, 4) is 0 Å². The Bertz CT molecular complexity index is 927. The lowest BCUT2D eigenvalue weighted by atomic mass is 10.0. The van der Waals surface area contributed by atoms with Gasteiger partial charge in [0.15, 0.2) is 0 Å². The number of carbonyl (C=O) groups is 6. The van der Waals surface area contributed by atoms with Gasteiger partial charge < -0.3 is 42.5 Å². The van der Waals surface area contributed by atoms with Crippen LogP contribution in [0.4, 0.5) is 4.79 Å². The smallest absolute Gasteiger partial charge is 0.322 e. The van der Waals surface area contributed by atoms with Gasteiger partial charge in [0, 0.05) is 36.1 Å². The van der Waals surface area contributed by atoms with E-state index < -0.39 is 42.4 Å². The lowest BCUT2D eigenvalue weighted by Gasteiger charge is -2.18. The number of hydrogen-bond donors (Lipinski definition) is 8. The van der Waals surface area contributed by atoms with Gasteiger partial charge in [-0.05, 0) is 37.9 Å². The van der Waals surface area contributed by atoms with Gasteiger partial charge in [0.2, 0.25) is 17.7 Å². The second kappa shape index (κ2) is 18.7. The maximum atomic E-state index is 12.3. The predicted octanol–water partition coefficient (Wildman–Crippen LogP) is -0.390. The molecule has 0 aromatic rings. The minimum absolute atomic E-state index is 0.0300. The fourth-order valence-electron chi connectivity index (χ4n) is 4.44. The monoisotopic (exact) mass is 618 g/mol. The van der Waals surface area contributed by atoms with E-state index >= 15 is 0 Å². The first-order valence-corrected chi connectivity index (χ1v) is 16.1. The number of hydrogen-bond acceptors (Lipinski definition) is 9. The maximum Gasteiger partial charge on any atom is 0.322 e. The van der Waals surface area contributed by atoms with Crippen LogP contribution in [0, 0.1) is 0 Å². The molecule has 0 spiro atoms. The minimum Gasteiger partial charge on any atom is -0.480 e. The third kappa shape index (κ3) is 13.7. The molecule has 2 aliphatic rings. The first kappa shape index (κ1) is 34.5. The standard InChI is InChI=1S/C25H42N6O8S2/c26-15(24(37)38)8-9-20(33)29-17(23(36)28-12-21(34)35)13-40-11-5-1-4-10-27-19(32)7-3-2-6-18-22-16(14-41-18)30-25(39)31-22/h15-18,22H,1-14,26H2,(H,27,32)(H,28,36)(H,29,33)(H,34,35)(H,37,38)(H2,30,31,39)/t15-,16+,17-,18-,22+/m0/s1. The number of carboxylic acid groups (broad SMARTS) is 2. The largest absolute Gasteiger partial charge is 0.480 e. The van der Waals surface area contributed by atoms with E-state index in [2.05, 4.69) is 26.6 Å². The number of carboxylic acids is 2. The lowest BCUT2D eigenvalue weighted by molar-refractivity contribution is -0.139. The number of rotatable bonds is 21. The summed E-state index contributed by atoms with van der Waals surface area (Å²) in [5.74, 6) is -1.73. The molecule has 16 heteroatoms. The van der Waals surface area contributed by atoms with E-state index in [0.717, 1.165) is 44.3 Å². The maximum absolute atomic E-state index is 12.3. The van der Waals surface area contributed by atoms with Crippen molar-refractivity contribution in [1.82, 2.24) is 26.6 Å². The third-order valence-corrected chi connectivity index (χ3v) is 9.37. The second-order valence-electron chi connectivity index (χ2n) is 10.1. The van der Waals surface area contributed by atoms with Crippen LogP contribution in [0.2, 0.25) is 0 Å². The molecule has 9 N–H and O–H groups in total. The zero-order chi connectivity index (χ0) is 30.2. The van der Waals surface area contributed by atoms with E-state index in [1.165, 1.54) is 11.8 Å². The molecular formula is C25H42N6O8S2. The Hall–Kier alpha value is -2.72. The Morgan fingerprint density at radius 3 is 2.51 bits per heavy atom. The van der Waals surface area contributed by atoms with Gasteiger partial charge in [-0.3, -0.25) is 24.0 Å². The van der Waals surface area contributed by atoms with E-state index in [1.54, 1.807) is 0 Å². The first-order valence-electron chi connectivity index (χ1n) is 13.9. The predicted molar refractivity (Wildman–Crippen MR) is 156 cm³/mol. The summed E-state index contributed by atoms with van der Waals surface area (Å²) in [7, 11) is 0. The molecule has 2 rings (SSSR count). The molecule has 0 aromatic heterocycles. The fraction of sp³-hybridized carbons (Fsp3) is 0.760. The van der Waals surface area contributed by atoms with Gasteiger partial charge in [-0.15, -0.1) is 0 Å². The highest BCUT2D eigenvalue weighted by atomic mass is 32.2. The number of nitrogens with one attached hydrogen (secondary N) is 5. The van der Waals surface area contributed by atoms with Crippen LogP contribution in [0.5, 0.6) is 0 Å².